The molecule has 1 heterocycles. The molecule has 1 aromatic rings. The minimum absolute atomic E-state index is 0.181. The number of halogens is 1. The van der Waals surface area contributed by atoms with Crippen molar-refractivity contribution < 1.29 is 13.7 Å². The van der Waals surface area contributed by atoms with Crippen LogP contribution in [0, 0.1) is 5.41 Å². The van der Waals surface area contributed by atoms with E-state index in [2.05, 4.69) is 20.2 Å². The van der Waals surface area contributed by atoms with Gasteiger partial charge in [0.05, 0.1) is 15.7 Å². The smallest absolute Gasteiger partial charge is 0.230 e. The Kier molecular flexibility index (Phi) is 8.13. The van der Waals surface area contributed by atoms with E-state index in [0.29, 0.717) is 24.4 Å². The van der Waals surface area contributed by atoms with Gasteiger partial charge in [0.25, 0.3) is 0 Å². The molecule has 0 fully saturated rings. The number of carbonyl (C=O) groups is 1. The zero-order valence-electron chi connectivity index (χ0n) is 16.5. The molecule has 148 valence electrons. The van der Waals surface area contributed by atoms with Crippen LogP contribution in [0.25, 0.3) is 0 Å². The fourth-order valence-corrected chi connectivity index (χ4v) is 2.90. The van der Waals surface area contributed by atoms with E-state index >= 15 is 0 Å². The minimum Gasteiger partial charge on any atom is -0.385 e. The summed E-state index contributed by atoms with van der Waals surface area (Å²) in [6.45, 7) is 11.5. The molecule has 0 aliphatic rings. The largest absolute Gasteiger partial charge is 0.385 e. The van der Waals surface area contributed by atoms with Gasteiger partial charge in [0.2, 0.25) is 5.91 Å². The number of aromatic nitrogens is 2. The van der Waals surface area contributed by atoms with Crippen molar-refractivity contribution in [3.05, 3.63) is 16.8 Å². The Balaban J connectivity index is 3.14. The van der Waals surface area contributed by atoms with Crippen LogP contribution in [0.3, 0.4) is 0 Å². The topological polar surface area (TPSA) is 93.2 Å². The fraction of sp³-hybridized carbons (Fsp3) is 0.706. The molecule has 26 heavy (non-hydrogen) atoms. The van der Waals surface area contributed by atoms with Crippen molar-refractivity contribution in [2.24, 2.45) is 5.41 Å². The third-order valence-electron chi connectivity index (χ3n) is 3.49. The molecule has 2 N–H and O–H groups in total. The third kappa shape index (κ3) is 6.90. The number of amides is 1. The second-order valence-corrected chi connectivity index (χ2v) is 10.4. The Labute approximate surface area is 163 Å². The maximum absolute atomic E-state index is 12.5. The molecule has 0 aliphatic heterocycles. The molecule has 1 amide bonds. The maximum atomic E-state index is 12.5. The van der Waals surface area contributed by atoms with Gasteiger partial charge in [0.15, 0.2) is 11.0 Å². The van der Waals surface area contributed by atoms with E-state index in [1.54, 1.807) is 13.2 Å². The van der Waals surface area contributed by atoms with E-state index in [9.17, 15) is 9.00 Å². The quantitative estimate of drug-likeness (QED) is 0.727. The summed E-state index contributed by atoms with van der Waals surface area (Å²) >= 11 is 6.23. The highest BCUT2D eigenvalue weighted by Crippen LogP contribution is 2.27. The number of nitrogens with zero attached hydrogens (tertiary/aromatic N) is 2. The van der Waals surface area contributed by atoms with Gasteiger partial charge in [0, 0.05) is 30.7 Å². The van der Waals surface area contributed by atoms with Gasteiger partial charge in [-0.15, -0.1) is 10.2 Å². The molecule has 0 radical (unpaired) electrons. The molecule has 0 aromatic carbocycles. The first-order valence-corrected chi connectivity index (χ1v) is 9.90. The number of ether oxygens (including phenoxy) is 1. The van der Waals surface area contributed by atoms with E-state index in [-0.39, 0.29) is 17.1 Å². The van der Waals surface area contributed by atoms with Gasteiger partial charge in [0.1, 0.15) is 0 Å². The lowest BCUT2D eigenvalue weighted by atomic mass is 9.96. The van der Waals surface area contributed by atoms with Crippen LogP contribution >= 0.6 is 11.6 Å². The third-order valence-corrected chi connectivity index (χ3v) is 5.40. The molecule has 7 nitrogen and oxygen atoms in total. The molecule has 1 aromatic heterocycles. The zero-order valence-corrected chi connectivity index (χ0v) is 18.0. The van der Waals surface area contributed by atoms with Gasteiger partial charge in [-0.1, -0.05) is 32.4 Å². The molecule has 1 unspecified atom stereocenters. The van der Waals surface area contributed by atoms with Crippen molar-refractivity contribution >= 4 is 34.3 Å². The number of methoxy groups -OCH3 is 1. The number of hydrogen-bond donors (Lipinski definition) is 2. The molecule has 0 aliphatic carbocycles. The Morgan fingerprint density at radius 2 is 1.88 bits per heavy atom. The zero-order chi connectivity index (χ0) is 20.1. The first-order valence-electron chi connectivity index (χ1n) is 8.38. The van der Waals surface area contributed by atoms with Crippen molar-refractivity contribution in [1.82, 2.24) is 14.9 Å². The lowest BCUT2D eigenvalue weighted by molar-refractivity contribution is -0.123. The average Bonchev–Trinajstić information content (AvgIpc) is 2.51. The molecule has 1 rings (SSSR count). The van der Waals surface area contributed by atoms with Crippen LogP contribution in [0.1, 0.15) is 59.6 Å². The summed E-state index contributed by atoms with van der Waals surface area (Å²) in [5, 5.41) is 10.8. The Morgan fingerprint density at radius 3 is 2.38 bits per heavy atom. The van der Waals surface area contributed by atoms with Crippen molar-refractivity contribution in [3.63, 3.8) is 0 Å². The van der Waals surface area contributed by atoms with E-state index in [0.717, 1.165) is 0 Å². The van der Waals surface area contributed by atoms with E-state index in [4.69, 9.17) is 16.3 Å². The Morgan fingerprint density at radius 1 is 1.27 bits per heavy atom. The molecule has 0 bridgehead atoms. The highest BCUT2D eigenvalue weighted by Gasteiger charge is 2.27. The first-order chi connectivity index (χ1) is 11.9. The van der Waals surface area contributed by atoms with Crippen LogP contribution in [0.15, 0.2) is 6.07 Å². The van der Waals surface area contributed by atoms with Crippen LogP contribution in [0.5, 0.6) is 0 Å². The molecule has 0 saturated carbocycles. The summed E-state index contributed by atoms with van der Waals surface area (Å²) in [4.78, 5) is 12.2. The summed E-state index contributed by atoms with van der Waals surface area (Å²) in [7, 11) is 0.286. The van der Waals surface area contributed by atoms with Crippen molar-refractivity contribution in [2.75, 3.05) is 19.0 Å². The van der Waals surface area contributed by atoms with Gasteiger partial charge in [-0.05, 0) is 33.3 Å². The van der Waals surface area contributed by atoms with E-state index < -0.39 is 21.1 Å². The maximum Gasteiger partial charge on any atom is 0.230 e. The number of anilines is 1. The predicted molar refractivity (Wildman–Crippen MR) is 105 cm³/mol. The summed E-state index contributed by atoms with van der Waals surface area (Å²) < 4.78 is 20.3. The highest BCUT2D eigenvalue weighted by molar-refractivity contribution is 7.84. The molecule has 9 heteroatoms. The van der Waals surface area contributed by atoms with Gasteiger partial charge in [-0.3, -0.25) is 4.79 Å². The summed E-state index contributed by atoms with van der Waals surface area (Å²) in [6.07, 6.45) is 0.538. The summed E-state index contributed by atoms with van der Waals surface area (Å²) in [5.41, 5.74) is 0.0450. The first kappa shape index (κ1) is 23.0. The predicted octanol–water partition coefficient (Wildman–Crippen LogP) is 3.24. The standard InChI is InChI=1S/C17H29ClN4O3S/c1-16(2,3)15(23)19-13-10-11(14(18)21-20-13)12(8-9-25-7)22-26(24)17(4,5)6/h10,12,22H,8-9H2,1-7H3,(H,19,20,23)/t12-,26?/m1/s1. The monoisotopic (exact) mass is 404 g/mol. The van der Waals surface area contributed by atoms with Crippen LogP contribution in [-0.4, -0.2) is 38.8 Å². The molecule has 2 atom stereocenters. The normalized spacial score (nSPS) is 14.8. The Hall–Kier alpha value is -1.09. The number of carbonyl (C=O) groups excluding carboxylic acids is 1. The molecule has 0 spiro atoms. The number of nitrogens with one attached hydrogen (secondary N) is 2. The average molecular weight is 405 g/mol. The van der Waals surface area contributed by atoms with Crippen LogP contribution in [0.2, 0.25) is 5.15 Å². The van der Waals surface area contributed by atoms with E-state index in [1.807, 2.05) is 41.5 Å². The summed E-state index contributed by atoms with van der Waals surface area (Å²) in [5.74, 6) is 0.120. The second-order valence-electron chi connectivity index (χ2n) is 8.01. The van der Waals surface area contributed by atoms with Gasteiger partial charge >= 0.3 is 0 Å². The van der Waals surface area contributed by atoms with Crippen molar-refractivity contribution in [1.29, 1.82) is 0 Å². The minimum atomic E-state index is -1.31. The SMILES string of the molecule is COCC[C@@H](NS(=O)C(C)(C)C)c1cc(NC(=O)C(C)(C)C)nnc1Cl. The Bertz CT molecular complexity index is 656. The van der Waals surface area contributed by atoms with E-state index in [1.165, 1.54) is 0 Å². The highest BCUT2D eigenvalue weighted by atomic mass is 35.5. The van der Waals surface area contributed by atoms with Crippen molar-refractivity contribution in [3.8, 4) is 0 Å². The van der Waals surface area contributed by atoms with Crippen LogP contribution in [0.4, 0.5) is 5.82 Å². The molecular formula is C17H29ClN4O3S. The molecular weight excluding hydrogens is 376 g/mol. The van der Waals surface area contributed by atoms with Gasteiger partial charge in [-0.2, -0.15) is 0 Å². The number of rotatable bonds is 7. The summed E-state index contributed by atoms with van der Waals surface area (Å²) in [6, 6.07) is 1.30. The van der Waals surface area contributed by atoms with Crippen LogP contribution in [-0.2, 0) is 20.5 Å². The molecule has 0 saturated heterocycles. The lowest BCUT2D eigenvalue weighted by Gasteiger charge is -2.25. The number of hydrogen-bond acceptors (Lipinski definition) is 5. The second kappa shape index (κ2) is 9.21. The fourth-order valence-electron chi connectivity index (χ4n) is 1.82. The van der Waals surface area contributed by atoms with Gasteiger partial charge < -0.3 is 10.1 Å². The van der Waals surface area contributed by atoms with Crippen molar-refractivity contribution in [2.45, 2.75) is 58.8 Å². The lowest BCUT2D eigenvalue weighted by Crippen LogP contribution is -2.36. The van der Waals surface area contributed by atoms with Gasteiger partial charge in [-0.25, -0.2) is 8.93 Å². The van der Waals surface area contributed by atoms with Crippen LogP contribution < -0.4 is 10.0 Å².